The van der Waals surface area contributed by atoms with E-state index in [9.17, 15) is 8.78 Å². The maximum absolute atomic E-state index is 13.4. The molecule has 0 aromatic heterocycles. The van der Waals surface area contributed by atoms with Gasteiger partial charge < -0.3 is 5.41 Å². The normalized spacial score (nSPS) is 15.4. The Morgan fingerprint density at radius 1 is 1.17 bits per heavy atom. The maximum atomic E-state index is 13.4. The van der Waals surface area contributed by atoms with Crippen LogP contribution in [0.5, 0.6) is 0 Å². The lowest BCUT2D eigenvalue weighted by Crippen LogP contribution is -2.19. The zero-order valence-electron chi connectivity index (χ0n) is 11.5. The summed E-state index contributed by atoms with van der Waals surface area (Å²) in [5.74, 6) is -3.03. The SMILES string of the molecule is C/C=C(C=NC)/C(=C/C)/C=C(\C(C)=N)C(C)(F)F. The molecule has 0 bridgehead atoms. The van der Waals surface area contributed by atoms with Crippen LogP contribution in [0.3, 0.4) is 0 Å². The van der Waals surface area contributed by atoms with Crippen molar-refractivity contribution >= 4 is 11.9 Å². The van der Waals surface area contributed by atoms with Gasteiger partial charge in [-0.2, -0.15) is 0 Å². The van der Waals surface area contributed by atoms with Gasteiger partial charge in [-0.05, 0) is 38.0 Å². The van der Waals surface area contributed by atoms with Gasteiger partial charge in [0.25, 0.3) is 5.92 Å². The first-order valence-electron chi connectivity index (χ1n) is 5.68. The van der Waals surface area contributed by atoms with E-state index in [0.29, 0.717) is 5.57 Å². The number of nitrogens with zero attached hydrogens (tertiary/aromatic N) is 1. The van der Waals surface area contributed by atoms with E-state index in [1.54, 1.807) is 32.3 Å². The van der Waals surface area contributed by atoms with Crippen molar-refractivity contribution in [2.45, 2.75) is 33.6 Å². The lowest BCUT2D eigenvalue weighted by molar-refractivity contribution is 0.0699. The zero-order chi connectivity index (χ0) is 14.3. The molecule has 0 aromatic rings. The quantitative estimate of drug-likeness (QED) is 0.564. The smallest absolute Gasteiger partial charge is 0.272 e. The Morgan fingerprint density at radius 2 is 1.67 bits per heavy atom. The second kappa shape index (κ2) is 6.99. The molecular weight excluding hydrogens is 234 g/mol. The molecule has 0 heterocycles. The van der Waals surface area contributed by atoms with Gasteiger partial charge in [-0.3, -0.25) is 4.99 Å². The summed E-state index contributed by atoms with van der Waals surface area (Å²) in [6.45, 7) is 5.74. The molecular formula is C14H20F2N2. The van der Waals surface area contributed by atoms with Crippen molar-refractivity contribution in [3.8, 4) is 0 Å². The van der Waals surface area contributed by atoms with Crippen molar-refractivity contribution in [3.05, 3.63) is 34.9 Å². The first-order chi connectivity index (χ1) is 8.27. The van der Waals surface area contributed by atoms with Crippen molar-refractivity contribution in [2.75, 3.05) is 7.05 Å². The van der Waals surface area contributed by atoms with E-state index < -0.39 is 5.92 Å². The van der Waals surface area contributed by atoms with Crippen LogP contribution >= 0.6 is 0 Å². The molecule has 0 fully saturated rings. The molecule has 0 aliphatic rings. The Bertz CT molecular complexity index is 422. The van der Waals surface area contributed by atoms with Crippen LogP contribution in [-0.2, 0) is 0 Å². The number of hydrogen-bond donors (Lipinski definition) is 1. The summed E-state index contributed by atoms with van der Waals surface area (Å²) < 4.78 is 26.8. The standard InChI is InChI=1S/C14H20F2N2/c1-6-11(12(7-2)9-18-5)8-13(10(3)17)14(4,15)16/h6-9,17H,1-5H3/b11-6+,12-7+,13-8+,17-10?,18-9?. The summed E-state index contributed by atoms with van der Waals surface area (Å²) in [4.78, 5) is 3.89. The highest BCUT2D eigenvalue weighted by molar-refractivity contribution is 5.98. The van der Waals surface area contributed by atoms with Crippen LogP contribution in [0.25, 0.3) is 0 Å². The number of halogens is 2. The second-order valence-corrected chi connectivity index (χ2v) is 3.95. The van der Waals surface area contributed by atoms with E-state index in [-0.39, 0.29) is 11.3 Å². The summed E-state index contributed by atoms with van der Waals surface area (Å²) >= 11 is 0. The molecule has 0 aromatic carbocycles. The van der Waals surface area contributed by atoms with E-state index in [0.717, 1.165) is 12.5 Å². The third-order valence-corrected chi connectivity index (χ3v) is 2.40. The van der Waals surface area contributed by atoms with Crippen LogP contribution in [0.1, 0.15) is 27.7 Å². The second-order valence-electron chi connectivity index (χ2n) is 3.95. The Hall–Kier alpha value is -1.58. The van der Waals surface area contributed by atoms with Gasteiger partial charge in [-0.1, -0.05) is 12.2 Å². The molecule has 0 amide bonds. The molecule has 0 radical (unpaired) electrons. The number of nitrogens with one attached hydrogen (secondary N) is 1. The van der Waals surface area contributed by atoms with Gasteiger partial charge in [0, 0.05) is 31.5 Å². The van der Waals surface area contributed by atoms with Crippen molar-refractivity contribution in [1.29, 1.82) is 5.41 Å². The number of rotatable bonds is 5. The van der Waals surface area contributed by atoms with E-state index in [4.69, 9.17) is 5.41 Å². The Kier molecular flexibility index (Phi) is 6.37. The van der Waals surface area contributed by atoms with Crippen LogP contribution in [0.2, 0.25) is 0 Å². The molecule has 4 heteroatoms. The van der Waals surface area contributed by atoms with E-state index in [1.165, 1.54) is 13.0 Å². The fourth-order valence-corrected chi connectivity index (χ4v) is 1.51. The van der Waals surface area contributed by atoms with E-state index >= 15 is 0 Å². The average molecular weight is 254 g/mol. The molecule has 1 N–H and O–H groups in total. The fraction of sp³-hybridized carbons (Fsp3) is 0.429. The minimum Gasteiger partial charge on any atom is -0.305 e. The number of alkyl halides is 2. The largest absolute Gasteiger partial charge is 0.305 e. The van der Waals surface area contributed by atoms with Crippen LogP contribution in [0.15, 0.2) is 39.9 Å². The van der Waals surface area contributed by atoms with Crippen LogP contribution in [-0.4, -0.2) is 24.9 Å². The Balaban J connectivity index is 5.66. The minimum atomic E-state index is -3.03. The first-order valence-corrected chi connectivity index (χ1v) is 5.68. The van der Waals surface area contributed by atoms with Crippen molar-refractivity contribution in [2.24, 2.45) is 4.99 Å². The molecule has 0 spiro atoms. The van der Waals surface area contributed by atoms with Crippen molar-refractivity contribution in [1.82, 2.24) is 0 Å². The fourth-order valence-electron chi connectivity index (χ4n) is 1.51. The van der Waals surface area contributed by atoms with Gasteiger partial charge in [0.15, 0.2) is 0 Å². The molecule has 0 atom stereocenters. The van der Waals surface area contributed by atoms with Crippen molar-refractivity contribution < 1.29 is 8.78 Å². The van der Waals surface area contributed by atoms with Gasteiger partial charge in [0.1, 0.15) is 0 Å². The highest BCUT2D eigenvalue weighted by Gasteiger charge is 2.29. The average Bonchev–Trinajstić information content (AvgIpc) is 2.25. The van der Waals surface area contributed by atoms with Crippen LogP contribution in [0, 0.1) is 5.41 Å². The van der Waals surface area contributed by atoms with Gasteiger partial charge in [-0.25, -0.2) is 8.78 Å². The summed E-state index contributed by atoms with van der Waals surface area (Å²) in [7, 11) is 1.62. The van der Waals surface area contributed by atoms with Gasteiger partial charge >= 0.3 is 0 Å². The Morgan fingerprint density at radius 3 is 1.94 bits per heavy atom. The molecule has 18 heavy (non-hydrogen) atoms. The summed E-state index contributed by atoms with van der Waals surface area (Å²) in [6.07, 6.45) is 6.48. The topological polar surface area (TPSA) is 36.2 Å². The summed E-state index contributed by atoms with van der Waals surface area (Å²) in [5.41, 5.74) is 0.972. The third-order valence-electron chi connectivity index (χ3n) is 2.40. The lowest BCUT2D eigenvalue weighted by Gasteiger charge is -2.15. The Labute approximate surface area is 107 Å². The molecule has 0 aliphatic heterocycles. The highest BCUT2D eigenvalue weighted by atomic mass is 19.3. The lowest BCUT2D eigenvalue weighted by atomic mass is 9.98. The molecule has 0 unspecified atom stereocenters. The first kappa shape index (κ1) is 16.4. The third kappa shape index (κ3) is 4.73. The van der Waals surface area contributed by atoms with Gasteiger partial charge in [-0.15, -0.1) is 0 Å². The van der Waals surface area contributed by atoms with Crippen LogP contribution in [0.4, 0.5) is 8.78 Å². The predicted molar refractivity (Wildman–Crippen MR) is 74.0 cm³/mol. The minimum absolute atomic E-state index is 0.134. The predicted octanol–water partition coefficient (Wildman–Crippen LogP) is 4.20. The monoisotopic (exact) mass is 254 g/mol. The summed E-state index contributed by atoms with van der Waals surface area (Å²) in [6, 6.07) is 0. The van der Waals surface area contributed by atoms with Crippen LogP contribution < -0.4 is 0 Å². The van der Waals surface area contributed by atoms with Crippen molar-refractivity contribution in [3.63, 3.8) is 0 Å². The highest BCUT2D eigenvalue weighted by Crippen LogP contribution is 2.26. The van der Waals surface area contributed by atoms with Gasteiger partial charge in [0.2, 0.25) is 0 Å². The molecule has 0 rings (SSSR count). The van der Waals surface area contributed by atoms with E-state index in [2.05, 4.69) is 4.99 Å². The molecule has 2 nitrogen and oxygen atoms in total. The van der Waals surface area contributed by atoms with E-state index in [1.807, 2.05) is 6.92 Å². The molecule has 0 saturated heterocycles. The molecule has 0 aliphatic carbocycles. The van der Waals surface area contributed by atoms with Gasteiger partial charge in [0.05, 0.1) is 0 Å². The number of hydrogen-bond acceptors (Lipinski definition) is 2. The molecule has 100 valence electrons. The summed E-state index contributed by atoms with van der Waals surface area (Å²) in [5, 5.41) is 7.45. The number of aliphatic imine (C=N–C) groups is 1. The number of allylic oxidation sites excluding steroid dienone is 6. The molecule has 0 saturated carbocycles. The zero-order valence-corrected chi connectivity index (χ0v) is 11.5. The maximum Gasteiger partial charge on any atom is 0.272 e.